The summed E-state index contributed by atoms with van der Waals surface area (Å²) in [4.78, 5) is 39.1. The molecular formula is C20H18N4O5. The number of rotatable bonds is 4. The number of anilines is 1. The molecule has 3 amide bonds. The Balaban J connectivity index is 1.70. The number of urea groups is 1. The highest BCUT2D eigenvalue weighted by Crippen LogP contribution is 2.38. The molecular weight excluding hydrogens is 376 g/mol. The second kappa shape index (κ2) is 6.93. The maximum absolute atomic E-state index is 13.2. The van der Waals surface area contributed by atoms with E-state index >= 15 is 0 Å². The quantitative estimate of drug-likeness (QED) is 0.634. The highest BCUT2D eigenvalue weighted by Gasteiger charge is 2.43. The van der Waals surface area contributed by atoms with Crippen LogP contribution in [0.2, 0.25) is 0 Å². The molecule has 4 rings (SSSR count). The van der Waals surface area contributed by atoms with Crippen molar-refractivity contribution < 1.29 is 19.2 Å². The van der Waals surface area contributed by atoms with Crippen molar-refractivity contribution in [3.8, 4) is 5.75 Å². The van der Waals surface area contributed by atoms with Crippen LogP contribution < -0.4 is 15.0 Å². The molecule has 9 nitrogen and oxygen atoms in total. The van der Waals surface area contributed by atoms with Crippen LogP contribution in [0.4, 0.5) is 16.2 Å². The van der Waals surface area contributed by atoms with Crippen LogP contribution in [0.1, 0.15) is 11.6 Å². The average Bonchev–Trinajstić information content (AvgIpc) is 3.08. The molecule has 0 saturated carbocycles. The van der Waals surface area contributed by atoms with Crippen LogP contribution in [0.25, 0.3) is 0 Å². The van der Waals surface area contributed by atoms with E-state index in [9.17, 15) is 19.7 Å². The fourth-order valence-corrected chi connectivity index (χ4v) is 3.58. The summed E-state index contributed by atoms with van der Waals surface area (Å²) >= 11 is 0. The van der Waals surface area contributed by atoms with Gasteiger partial charge in [-0.2, -0.15) is 0 Å². The van der Waals surface area contributed by atoms with E-state index in [1.807, 2.05) is 12.1 Å². The Morgan fingerprint density at radius 3 is 2.34 bits per heavy atom. The third-order valence-electron chi connectivity index (χ3n) is 5.18. The van der Waals surface area contributed by atoms with E-state index in [-0.39, 0.29) is 24.2 Å². The Morgan fingerprint density at radius 1 is 1.10 bits per heavy atom. The molecule has 0 aromatic heterocycles. The van der Waals surface area contributed by atoms with Crippen LogP contribution in [-0.2, 0) is 4.79 Å². The lowest BCUT2D eigenvalue weighted by Crippen LogP contribution is -2.45. The molecule has 148 valence electrons. The highest BCUT2D eigenvalue weighted by atomic mass is 16.6. The van der Waals surface area contributed by atoms with Gasteiger partial charge in [-0.1, -0.05) is 12.1 Å². The monoisotopic (exact) mass is 394 g/mol. The average molecular weight is 394 g/mol. The number of nitro groups is 1. The zero-order valence-electron chi connectivity index (χ0n) is 15.8. The van der Waals surface area contributed by atoms with E-state index in [0.717, 1.165) is 5.56 Å². The molecule has 0 aliphatic carbocycles. The summed E-state index contributed by atoms with van der Waals surface area (Å²) in [6.45, 7) is 0.211. The number of likely N-dealkylation sites (N-methyl/N-ethyl adjacent to an activating group) is 1. The fraction of sp³-hybridized carbons (Fsp3) is 0.200. The van der Waals surface area contributed by atoms with Crippen LogP contribution in [-0.4, -0.2) is 42.5 Å². The van der Waals surface area contributed by atoms with Crippen molar-refractivity contribution in [3.05, 3.63) is 75.5 Å². The molecule has 1 atom stereocenters. The Labute approximate surface area is 166 Å². The second-order valence-electron chi connectivity index (χ2n) is 6.74. The number of nitrogens with zero attached hydrogens (tertiary/aromatic N) is 3. The first kappa shape index (κ1) is 18.5. The van der Waals surface area contributed by atoms with Gasteiger partial charge in [0.05, 0.1) is 35.9 Å². The lowest BCUT2D eigenvalue weighted by molar-refractivity contribution is -0.384. The van der Waals surface area contributed by atoms with Crippen molar-refractivity contribution >= 4 is 23.3 Å². The van der Waals surface area contributed by atoms with Crippen molar-refractivity contribution in [1.82, 2.24) is 10.2 Å². The van der Waals surface area contributed by atoms with Crippen molar-refractivity contribution in [3.63, 3.8) is 0 Å². The summed E-state index contributed by atoms with van der Waals surface area (Å²) in [5.41, 5.74) is 2.33. The minimum Gasteiger partial charge on any atom is -0.497 e. The van der Waals surface area contributed by atoms with Crippen molar-refractivity contribution in [2.75, 3.05) is 25.6 Å². The van der Waals surface area contributed by atoms with Gasteiger partial charge in [-0.05, 0) is 29.8 Å². The standard InChI is InChI=1S/C20H18N4O5/c1-22-16-11-23(13-5-7-14(8-6-13)24(27)28)19(25)17(16)18(21-20(22)26)12-3-9-15(29-2)10-4-12/h3-10,18H,11H2,1-2H3,(H,21,26)/t18-/m1/s1. The highest BCUT2D eigenvalue weighted by molar-refractivity contribution is 6.11. The Hall–Kier alpha value is -3.88. The molecule has 0 spiro atoms. The van der Waals surface area contributed by atoms with Crippen LogP contribution >= 0.6 is 0 Å². The number of carbonyl (C=O) groups excluding carboxylic acids is 2. The first-order valence-corrected chi connectivity index (χ1v) is 8.88. The van der Waals surface area contributed by atoms with Gasteiger partial charge in [0.2, 0.25) is 0 Å². The number of benzene rings is 2. The number of hydrogen-bond donors (Lipinski definition) is 1. The largest absolute Gasteiger partial charge is 0.497 e. The van der Waals surface area contributed by atoms with Gasteiger partial charge in [0.25, 0.3) is 11.6 Å². The Morgan fingerprint density at radius 2 is 1.76 bits per heavy atom. The first-order chi connectivity index (χ1) is 13.9. The molecule has 2 heterocycles. The fourth-order valence-electron chi connectivity index (χ4n) is 3.58. The zero-order chi connectivity index (χ0) is 20.7. The van der Waals surface area contributed by atoms with E-state index in [2.05, 4.69) is 5.32 Å². The first-order valence-electron chi connectivity index (χ1n) is 8.88. The number of ether oxygens (including phenoxy) is 1. The minimum atomic E-state index is -0.588. The molecule has 2 aliphatic heterocycles. The molecule has 0 bridgehead atoms. The van der Waals surface area contributed by atoms with Gasteiger partial charge in [0.15, 0.2) is 0 Å². The number of amides is 3. The zero-order valence-corrected chi connectivity index (χ0v) is 15.8. The summed E-state index contributed by atoms with van der Waals surface area (Å²) in [6, 6.07) is 12.0. The van der Waals surface area contributed by atoms with Gasteiger partial charge in [-0.3, -0.25) is 19.8 Å². The predicted octanol–water partition coefficient (Wildman–Crippen LogP) is 2.60. The maximum atomic E-state index is 13.2. The van der Waals surface area contributed by atoms with E-state index in [1.54, 1.807) is 26.3 Å². The van der Waals surface area contributed by atoms with Crippen molar-refractivity contribution in [2.45, 2.75) is 6.04 Å². The van der Waals surface area contributed by atoms with E-state index < -0.39 is 11.0 Å². The number of methoxy groups -OCH3 is 1. The van der Waals surface area contributed by atoms with E-state index in [1.165, 1.54) is 34.1 Å². The normalized spacial score (nSPS) is 18.6. The molecule has 29 heavy (non-hydrogen) atoms. The second-order valence-corrected chi connectivity index (χ2v) is 6.74. The van der Waals surface area contributed by atoms with Crippen LogP contribution in [0.15, 0.2) is 59.8 Å². The number of non-ortho nitro benzene ring substituents is 1. The van der Waals surface area contributed by atoms with Crippen LogP contribution in [0.5, 0.6) is 5.75 Å². The predicted molar refractivity (Wildman–Crippen MR) is 105 cm³/mol. The SMILES string of the molecule is COc1ccc([C@H]2NC(=O)N(C)C3=C2C(=O)N(c2ccc([N+](=O)[O-])cc2)C3)cc1. The smallest absolute Gasteiger partial charge is 0.322 e. The molecule has 1 N–H and O–H groups in total. The van der Waals surface area contributed by atoms with Gasteiger partial charge in [0.1, 0.15) is 5.75 Å². The van der Waals surface area contributed by atoms with Gasteiger partial charge in [-0.25, -0.2) is 4.79 Å². The van der Waals surface area contributed by atoms with Gasteiger partial charge >= 0.3 is 6.03 Å². The van der Waals surface area contributed by atoms with Crippen LogP contribution in [0.3, 0.4) is 0 Å². The van der Waals surface area contributed by atoms with Gasteiger partial charge < -0.3 is 15.0 Å². The summed E-state index contributed by atoms with van der Waals surface area (Å²) in [5, 5.41) is 13.8. The van der Waals surface area contributed by atoms with Gasteiger partial charge in [-0.15, -0.1) is 0 Å². The summed E-state index contributed by atoms with van der Waals surface area (Å²) in [6.07, 6.45) is 0. The van der Waals surface area contributed by atoms with Crippen molar-refractivity contribution in [1.29, 1.82) is 0 Å². The Bertz CT molecular complexity index is 1030. The third-order valence-corrected chi connectivity index (χ3v) is 5.18. The molecule has 2 aromatic carbocycles. The molecule has 0 fully saturated rings. The molecule has 9 heteroatoms. The van der Waals surface area contributed by atoms with Gasteiger partial charge in [0, 0.05) is 24.9 Å². The summed E-state index contributed by atoms with van der Waals surface area (Å²) in [7, 11) is 3.18. The Kier molecular flexibility index (Phi) is 4.42. The molecule has 0 saturated heterocycles. The number of nitrogens with one attached hydrogen (secondary N) is 1. The minimum absolute atomic E-state index is 0.0526. The topological polar surface area (TPSA) is 105 Å². The molecule has 0 radical (unpaired) electrons. The number of nitro benzene ring substituents is 1. The summed E-state index contributed by atoms with van der Waals surface area (Å²) in [5.74, 6) is 0.425. The molecule has 2 aliphatic rings. The summed E-state index contributed by atoms with van der Waals surface area (Å²) < 4.78 is 5.17. The molecule has 2 aromatic rings. The van der Waals surface area contributed by atoms with Crippen LogP contribution in [0, 0.1) is 10.1 Å². The molecule has 0 unspecified atom stereocenters. The maximum Gasteiger partial charge on any atom is 0.322 e. The third kappa shape index (κ3) is 3.06. The lowest BCUT2D eigenvalue weighted by atomic mass is 9.95. The van der Waals surface area contributed by atoms with Crippen molar-refractivity contribution in [2.24, 2.45) is 0 Å². The van der Waals surface area contributed by atoms with E-state index in [4.69, 9.17) is 4.74 Å². The van der Waals surface area contributed by atoms with E-state index in [0.29, 0.717) is 22.7 Å². The number of hydrogen-bond acceptors (Lipinski definition) is 5. The number of carbonyl (C=O) groups is 2. The lowest BCUT2D eigenvalue weighted by Gasteiger charge is -2.31.